The zero-order valence-electron chi connectivity index (χ0n) is 9.39. The molecule has 92 valence electrons. The Labute approximate surface area is 107 Å². The highest BCUT2D eigenvalue weighted by Gasteiger charge is 2.07. The summed E-state index contributed by atoms with van der Waals surface area (Å²) in [7, 11) is 0. The Morgan fingerprint density at radius 2 is 1.39 bits per heavy atom. The van der Waals surface area contributed by atoms with E-state index in [1.165, 1.54) is 0 Å². The van der Waals surface area contributed by atoms with Gasteiger partial charge in [0.1, 0.15) is 5.71 Å². The summed E-state index contributed by atoms with van der Waals surface area (Å²) in [6.07, 6.45) is 0. The van der Waals surface area contributed by atoms with Gasteiger partial charge in [-0.1, -0.05) is 65.8 Å². The first-order chi connectivity index (χ1) is 8.77. The molecule has 0 aliphatic heterocycles. The maximum Gasteiger partial charge on any atom is 0.378 e. The summed E-state index contributed by atoms with van der Waals surface area (Å²) >= 11 is -2.42. The van der Waals surface area contributed by atoms with Crippen LogP contribution in [0.15, 0.2) is 65.8 Å². The molecule has 1 atom stereocenters. The van der Waals surface area contributed by atoms with E-state index in [1.54, 1.807) is 0 Å². The van der Waals surface area contributed by atoms with Crippen molar-refractivity contribution >= 4 is 17.1 Å². The molecule has 0 aliphatic rings. The van der Waals surface area contributed by atoms with Crippen molar-refractivity contribution in [1.29, 1.82) is 0 Å². The fraction of sp³-hybridized carbons (Fsp3) is 0. The van der Waals surface area contributed by atoms with Crippen molar-refractivity contribution in [3.8, 4) is 0 Å². The SMILES string of the molecule is O=S(O)ON=C(c1ccccc1)c1ccccc1. The third kappa shape index (κ3) is 3.26. The molecule has 0 spiro atoms. The first kappa shape index (κ1) is 12.5. The monoisotopic (exact) mass is 261 g/mol. The molecule has 1 N–H and O–H groups in total. The summed E-state index contributed by atoms with van der Waals surface area (Å²) in [5, 5.41) is 3.73. The predicted molar refractivity (Wildman–Crippen MR) is 70.4 cm³/mol. The second-order valence-corrected chi connectivity index (χ2v) is 4.05. The summed E-state index contributed by atoms with van der Waals surface area (Å²) in [6, 6.07) is 18.7. The van der Waals surface area contributed by atoms with Crippen LogP contribution in [0.5, 0.6) is 0 Å². The van der Waals surface area contributed by atoms with Crippen LogP contribution in [0.2, 0.25) is 0 Å². The maximum absolute atomic E-state index is 10.5. The predicted octanol–water partition coefficient (Wildman–Crippen LogP) is 2.59. The number of benzene rings is 2. The normalized spacial score (nSPS) is 11.6. The van der Waals surface area contributed by atoms with Crippen LogP contribution in [0.4, 0.5) is 0 Å². The smallest absolute Gasteiger partial charge is 0.273 e. The van der Waals surface area contributed by atoms with E-state index < -0.39 is 11.4 Å². The molecule has 0 bridgehead atoms. The lowest BCUT2D eigenvalue weighted by atomic mass is 10.0. The van der Waals surface area contributed by atoms with Crippen LogP contribution in [0.25, 0.3) is 0 Å². The van der Waals surface area contributed by atoms with Gasteiger partial charge in [0.05, 0.1) is 0 Å². The molecule has 0 saturated heterocycles. The van der Waals surface area contributed by atoms with Crippen molar-refractivity contribution < 1.29 is 13.0 Å². The molecule has 18 heavy (non-hydrogen) atoms. The Bertz CT molecular complexity index is 513. The Balaban J connectivity index is 2.42. The molecule has 0 aromatic heterocycles. The lowest BCUT2D eigenvalue weighted by Gasteiger charge is -2.05. The molecule has 2 aromatic carbocycles. The molecule has 0 fully saturated rings. The highest BCUT2D eigenvalue weighted by atomic mass is 32.2. The molecular weight excluding hydrogens is 250 g/mol. The number of hydrogen-bond acceptors (Lipinski definition) is 3. The van der Waals surface area contributed by atoms with Gasteiger partial charge < -0.3 is 0 Å². The van der Waals surface area contributed by atoms with Crippen LogP contribution in [-0.2, 0) is 15.6 Å². The quantitative estimate of drug-likeness (QED) is 0.523. The van der Waals surface area contributed by atoms with Crippen molar-refractivity contribution in [3.05, 3.63) is 71.8 Å². The molecule has 5 heteroatoms. The largest absolute Gasteiger partial charge is 0.378 e. The Morgan fingerprint density at radius 1 is 0.944 bits per heavy atom. The van der Waals surface area contributed by atoms with Crippen molar-refractivity contribution in [2.24, 2.45) is 5.16 Å². The number of rotatable bonds is 4. The molecule has 0 aliphatic carbocycles. The maximum atomic E-state index is 10.5. The summed E-state index contributed by atoms with van der Waals surface area (Å²) < 4.78 is 23.6. The van der Waals surface area contributed by atoms with Gasteiger partial charge in [-0.3, -0.25) is 8.84 Å². The highest BCUT2D eigenvalue weighted by molar-refractivity contribution is 7.74. The first-order valence-electron chi connectivity index (χ1n) is 5.24. The number of hydrogen-bond donors (Lipinski definition) is 1. The van der Waals surface area contributed by atoms with Gasteiger partial charge in [-0.15, -0.1) is 0 Å². The molecule has 0 heterocycles. The van der Waals surface area contributed by atoms with E-state index in [-0.39, 0.29) is 0 Å². The van der Waals surface area contributed by atoms with Gasteiger partial charge in [-0.25, -0.2) is 0 Å². The Hall–Kier alpha value is -1.98. The second-order valence-electron chi connectivity index (χ2n) is 3.46. The van der Waals surface area contributed by atoms with Gasteiger partial charge >= 0.3 is 11.4 Å². The van der Waals surface area contributed by atoms with E-state index in [2.05, 4.69) is 9.44 Å². The van der Waals surface area contributed by atoms with Crippen LogP contribution in [0, 0.1) is 0 Å². The molecule has 2 rings (SSSR count). The zero-order valence-corrected chi connectivity index (χ0v) is 10.2. The van der Waals surface area contributed by atoms with E-state index in [0.717, 1.165) is 11.1 Å². The molecule has 0 saturated carbocycles. The topological polar surface area (TPSA) is 58.9 Å². The van der Waals surface area contributed by atoms with Gasteiger partial charge in [-0.05, 0) is 0 Å². The van der Waals surface area contributed by atoms with Crippen molar-refractivity contribution in [2.45, 2.75) is 0 Å². The lowest BCUT2D eigenvalue weighted by molar-refractivity contribution is 0.326. The van der Waals surface area contributed by atoms with Gasteiger partial charge in [0.15, 0.2) is 0 Å². The third-order valence-corrected chi connectivity index (χ3v) is 2.49. The Kier molecular flexibility index (Phi) is 4.22. The second kappa shape index (κ2) is 6.09. The van der Waals surface area contributed by atoms with E-state index in [4.69, 9.17) is 4.55 Å². The van der Waals surface area contributed by atoms with Crippen molar-refractivity contribution in [1.82, 2.24) is 0 Å². The van der Waals surface area contributed by atoms with E-state index in [1.807, 2.05) is 60.7 Å². The van der Waals surface area contributed by atoms with Crippen LogP contribution < -0.4 is 0 Å². The Morgan fingerprint density at radius 3 is 1.78 bits per heavy atom. The molecule has 0 amide bonds. The zero-order chi connectivity index (χ0) is 12.8. The van der Waals surface area contributed by atoms with Crippen LogP contribution in [-0.4, -0.2) is 14.5 Å². The number of oxime groups is 1. The van der Waals surface area contributed by atoms with Gasteiger partial charge in [0.25, 0.3) is 0 Å². The van der Waals surface area contributed by atoms with Gasteiger partial charge in [0.2, 0.25) is 0 Å². The van der Waals surface area contributed by atoms with Crippen LogP contribution >= 0.6 is 0 Å². The number of nitrogens with zero attached hydrogens (tertiary/aromatic N) is 1. The summed E-state index contributed by atoms with van der Waals surface area (Å²) in [5.74, 6) is 0. The molecule has 2 aromatic rings. The minimum atomic E-state index is -2.42. The third-order valence-electron chi connectivity index (χ3n) is 2.29. The lowest BCUT2D eigenvalue weighted by Crippen LogP contribution is -2.04. The minimum Gasteiger partial charge on any atom is -0.273 e. The molecule has 4 nitrogen and oxygen atoms in total. The molecule has 1 unspecified atom stereocenters. The fourth-order valence-corrected chi connectivity index (χ4v) is 1.67. The van der Waals surface area contributed by atoms with Gasteiger partial charge in [-0.2, -0.15) is 4.21 Å². The van der Waals surface area contributed by atoms with Gasteiger partial charge in [0, 0.05) is 11.1 Å². The van der Waals surface area contributed by atoms with E-state index in [0.29, 0.717) is 5.71 Å². The van der Waals surface area contributed by atoms with E-state index in [9.17, 15) is 4.21 Å². The van der Waals surface area contributed by atoms with Crippen LogP contribution in [0.3, 0.4) is 0 Å². The average Bonchev–Trinajstić information content (AvgIpc) is 2.41. The van der Waals surface area contributed by atoms with Crippen molar-refractivity contribution in [2.75, 3.05) is 0 Å². The highest BCUT2D eigenvalue weighted by Crippen LogP contribution is 2.11. The average molecular weight is 261 g/mol. The van der Waals surface area contributed by atoms with E-state index >= 15 is 0 Å². The summed E-state index contributed by atoms with van der Waals surface area (Å²) in [5.41, 5.74) is 2.14. The minimum absolute atomic E-state index is 0.513. The molecular formula is C13H11NO3S. The molecule has 0 radical (unpaired) electrons. The standard InChI is InChI=1S/C13H11NO3S/c15-18(16)17-14-13(11-7-3-1-4-8-11)12-9-5-2-6-10-12/h1-10H,(H,15,16). The summed E-state index contributed by atoms with van der Waals surface area (Å²) in [4.78, 5) is 0. The van der Waals surface area contributed by atoms with Crippen LogP contribution in [0.1, 0.15) is 11.1 Å². The summed E-state index contributed by atoms with van der Waals surface area (Å²) in [6.45, 7) is 0. The van der Waals surface area contributed by atoms with Crippen molar-refractivity contribution in [3.63, 3.8) is 0 Å². The first-order valence-corrected chi connectivity index (χ1v) is 6.28. The fourth-order valence-electron chi connectivity index (χ4n) is 1.53.